The van der Waals surface area contributed by atoms with Crippen LogP contribution < -0.4 is 10.1 Å². The Bertz CT molecular complexity index is 828. The molecule has 1 heterocycles. The molecule has 3 aromatic carbocycles. The van der Waals surface area contributed by atoms with Crippen LogP contribution in [-0.4, -0.2) is 6.23 Å². The van der Waals surface area contributed by atoms with Crippen molar-refractivity contribution >= 4 is 10.8 Å². The molecular weight excluding hydrogens is 277 g/mol. The zero-order valence-corrected chi connectivity index (χ0v) is 12.2. The highest BCUT2D eigenvalue weighted by Gasteiger charge is 2.28. The van der Waals surface area contributed by atoms with E-state index < -0.39 is 0 Å². The molecule has 1 N–H and O–H groups in total. The van der Waals surface area contributed by atoms with E-state index in [2.05, 4.69) is 23.5 Å². The summed E-state index contributed by atoms with van der Waals surface area (Å²) in [5.74, 6) is 0.668. The van der Waals surface area contributed by atoms with Crippen LogP contribution in [0.2, 0.25) is 0 Å². The Morgan fingerprint density at radius 2 is 1.73 bits per heavy atom. The number of nitrogens with one attached hydrogen (secondary N) is 1. The fraction of sp³-hybridized carbons (Fsp3) is 0.158. The minimum atomic E-state index is -0.220. The highest BCUT2D eigenvalue weighted by molar-refractivity contribution is 5.89. The number of hydrogen-bond acceptors (Lipinski definition) is 2. The van der Waals surface area contributed by atoms with Gasteiger partial charge in [0.2, 0.25) is 0 Å². The Balaban J connectivity index is 1.95. The molecule has 0 bridgehead atoms. The maximum atomic E-state index is 13.2. The van der Waals surface area contributed by atoms with E-state index in [1.165, 1.54) is 17.5 Å². The minimum Gasteiger partial charge on any atom is -0.475 e. The first kappa shape index (κ1) is 13.3. The Kier molecular flexibility index (Phi) is 3.09. The van der Waals surface area contributed by atoms with Gasteiger partial charge in [0.1, 0.15) is 17.8 Å². The van der Waals surface area contributed by atoms with Crippen LogP contribution >= 0.6 is 0 Å². The van der Waals surface area contributed by atoms with Crippen LogP contribution in [0.4, 0.5) is 4.39 Å². The van der Waals surface area contributed by atoms with E-state index in [1.54, 1.807) is 0 Å². The van der Waals surface area contributed by atoms with Crippen molar-refractivity contribution in [3.8, 4) is 5.75 Å². The maximum absolute atomic E-state index is 13.2. The van der Waals surface area contributed by atoms with Crippen molar-refractivity contribution in [2.24, 2.45) is 0 Å². The fourth-order valence-electron chi connectivity index (χ4n) is 3.14. The third-order valence-electron chi connectivity index (χ3n) is 4.13. The average molecular weight is 293 g/mol. The van der Waals surface area contributed by atoms with Crippen molar-refractivity contribution in [2.45, 2.75) is 19.2 Å². The molecule has 0 aliphatic carbocycles. The van der Waals surface area contributed by atoms with Gasteiger partial charge in [-0.25, -0.2) is 4.39 Å². The Hall–Kier alpha value is -2.39. The Labute approximate surface area is 128 Å². The maximum Gasteiger partial charge on any atom is 0.148 e. The molecule has 110 valence electrons. The van der Waals surface area contributed by atoms with E-state index in [-0.39, 0.29) is 18.1 Å². The van der Waals surface area contributed by atoms with Crippen molar-refractivity contribution in [3.63, 3.8) is 0 Å². The zero-order chi connectivity index (χ0) is 15.1. The number of halogens is 1. The predicted octanol–water partition coefficient (Wildman–Crippen LogP) is 4.40. The lowest BCUT2D eigenvalue weighted by Gasteiger charge is -2.33. The summed E-state index contributed by atoms with van der Waals surface area (Å²) in [6, 6.07) is 19.0. The normalized spacial score (nSPS) is 20.5. The van der Waals surface area contributed by atoms with Crippen LogP contribution in [-0.2, 0) is 0 Å². The first-order valence-corrected chi connectivity index (χ1v) is 7.42. The van der Waals surface area contributed by atoms with Gasteiger partial charge in [-0.15, -0.1) is 0 Å². The number of fused-ring (bicyclic) bond motifs is 3. The SMILES string of the molecule is C[C@@H]1N[C@@H](c2ccc(F)cc2)c2c(ccc3ccccc23)O1. The minimum absolute atomic E-state index is 0.00884. The summed E-state index contributed by atoms with van der Waals surface area (Å²) in [7, 11) is 0. The Morgan fingerprint density at radius 1 is 0.955 bits per heavy atom. The number of hydrogen-bond donors (Lipinski definition) is 1. The van der Waals surface area contributed by atoms with Gasteiger partial charge in [0, 0.05) is 5.56 Å². The van der Waals surface area contributed by atoms with Crippen LogP contribution in [0, 0.1) is 5.82 Å². The highest BCUT2D eigenvalue weighted by atomic mass is 19.1. The van der Waals surface area contributed by atoms with Crippen molar-refractivity contribution in [3.05, 3.63) is 77.6 Å². The highest BCUT2D eigenvalue weighted by Crippen LogP contribution is 2.39. The van der Waals surface area contributed by atoms with Gasteiger partial charge in [0.25, 0.3) is 0 Å². The van der Waals surface area contributed by atoms with Crippen LogP contribution in [0.15, 0.2) is 60.7 Å². The largest absolute Gasteiger partial charge is 0.475 e. The Morgan fingerprint density at radius 3 is 2.55 bits per heavy atom. The van der Waals surface area contributed by atoms with Crippen LogP contribution in [0.1, 0.15) is 24.1 Å². The lowest BCUT2D eigenvalue weighted by molar-refractivity contribution is 0.150. The molecule has 0 radical (unpaired) electrons. The molecule has 0 saturated carbocycles. The summed E-state index contributed by atoms with van der Waals surface area (Å²) in [4.78, 5) is 0. The number of ether oxygens (including phenoxy) is 1. The molecule has 2 atom stereocenters. The van der Waals surface area contributed by atoms with E-state index in [4.69, 9.17) is 4.74 Å². The molecule has 3 heteroatoms. The molecule has 0 amide bonds. The molecule has 3 aromatic rings. The van der Waals surface area contributed by atoms with Crippen LogP contribution in [0.5, 0.6) is 5.75 Å². The summed E-state index contributed by atoms with van der Waals surface area (Å²) < 4.78 is 19.2. The molecule has 0 saturated heterocycles. The standard InChI is InChI=1S/C19H16FNO/c1-12-21-19(14-6-9-15(20)10-7-14)18-16-5-3-2-4-13(16)8-11-17(18)22-12/h2-12,19,21H,1H3/t12-,19+/m1/s1. The smallest absolute Gasteiger partial charge is 0.148 e. The predicted molar refractivity (Wildman–Crippen MR) is 85.4 cm³/mol. The zero-order valence-electron chi connectivity index (χ0n) is 12.2. The molecule has 0 unspecified atom stereocenters. The van der Waals surface area contributed by atoms with E-state index in [1.807, 2.05) is 37.3 Å². The first-order valence-electron chi connectivity index (χ1n) is 7.42. The second kappa shape index (κ2) is 5.11. The van der Waals surface area contributed by atoms with Crippen molar-refractivity contribution in [1.82, 2.24) is 5.32 Å². The quantitative estimate of drug-likeness (QED) is 0.718. The van der Waals surface area contributed by atoms with Crippen molar-refractivity contribution in [1.29, 1.82) is 0 Å². The lowest BCUT2D eigenvalue weighted by Crippen LogP contribution is -2.39. The van der Waals surface area contributed by atoms with Gasteiger partial charge >= 0.3 is 0 Å². The van der Waals surface area contributed by atoms with Gasteiger partial charge in [-0.05, 0) is 41.5 Å². The van der Waals surface area contributed by atoms with Crippen molar-refractivity contribution < 1.29 is 9.13 Å². The molecule has 0 spiro atoms. The monoisotopic (exact) mass is 293 g/mol. The van der Waals surface area contributed by atoms with Gasteiger partial charge < -0.3 is 4.74 Å². The summed E-state index contributed by atoms with van der Waals surface area (Å²) in [5.41, 5.74) is 2.15. The first-order chi connectivity index (χ1) is 10.7. The second-order valence-corrected chi connectivity index (χ2v) is 5.61. The molecule has 0 aromatic heterocycles. The van der Waals surface area contributed by atoms with Gasteiger partial charge in [-0.2, -0.15) is 0 Å². The molecule has 22 heavy (non-hydrogen) atoms. The summed E-state index contributed by atoms with van der Waals surface area (Å²) >= 11 is 0. The van der Waals surface area contributed by atoms with Crippen molar-refractivity contribution in [2.75, 3.05) is 0 Å². The van der Waals surface area contributed by atoms with Gasteiger partial charge in [0.05, 0.1) is 6.04 Å². The van der Waals surface area contributed by atoms with E-state index in [0.717, 1.165) is 22.3 Å². The van der Waals surface area contributed by atoms with E-state index >= 15 is 0 Å². The van der Waals surface area contributed by atoms with Gasteiger partial charge in [0.15, 0.2) is 0 Å². The number of rotatable bonds is 1. The summed E-state index contributed by atoms with van der Waals surface area (Å²) in [6.07, 6.45) is -0.0938. The molecule has 1 aliphatic rings. The lowest BCUT2D eigenvalue weighted by atomic mass is 9.91. The van der Waals surface area contributed by atoms with E-state index in [0.29, 0.717) is 0 Å². The average Bonchev–Trinajstić information content (AvgIpc) is 2.54. The molecule has 4 rings (SSSR count). The molecular formula is C19H16FNO. The van der Waals surface area contributed by atoms with Crippen LogP contribution in [0.3, 0.4) is 0 Å². The van der Waals surface area contributed by atoms with E-state index in [9.17, 15) is 4.39 Å². The molecule has 1 aliphatic heterocycles. The number of benzene rings is 3. The molecule has 2 nitrogen and oxygen atoms in total. The molecule has 0 fully saturated rings. The van der Waals surface area contributed by atoms with Gasteiger partial charge in [-0.3, -0.25) is 5.32 Å². The third kappa shape index (κ3) is 2.14. The van der Waals surface area contributed by atoms with Crippen LogP contribution in [0.25, 0.3) is 10.8 Å². The summed E-state index contributed by atoms with van der Waals surface area (Å²) in [5, 5.41) is 5.79. The fourth-order valence-corrected chi connectivity index (χ4v) is 3.14. The third-order valence-corrected chi connectivity index (χ3v) is 4.13. The topological polar surface area (TPSA) is 21.3 Å². The summed E-state index contributed by atoms with van der Waals surface area (Å²) in [6.45, 7) is 1.98. The second-order valence-electron chi connectivity index (χ2n) is 5.61. The van der Waals surface area contributed by atoms with Gasteiger partial charge in [-0.1, -0.05) is 42.5 Å².